The minimum Gasteiger partial charge on any atom is -0.463 e. The molecule has 8 aromatic rings. The number of alkyl halides is 6. The summed E-state index contributed by atoms with van der Waals surface area (Å²) < 4.78 is 164. The largest absolute Gasteiger partial charge is 0.463 e. The van der Waals surface area contributed by atoms with Crippen molar-refractivity contribution in [3.63, 3.8) is 0 Å². The first kappa shape index (κ1) is 113. The fraction of sp³-hybridized carbons (Fsp3) is 0.462. The monoisotopic (exact) mass is 2150 g/mol. The summed E-state index contributed by atoms with van der Waals surface area (Å²) in [5.41, 5.74) is 5.22. The summed E-state index contributed by atoms with van der Waals surface area (Å²) in [6.07, 6.45) is -42.2. The normalized spacial score (nSPS) is 27.3. The summed E-state index contributed by atoms with van der Waals surface area (Å²) in [4.78, 5) is 110. The van der Waals surface area contributed by atoms with E-state index in [-0.39, 0.29) is 66.1 Å². The molecule has 8 aromatic carbocycles. The van der Waals surface area contributed by atoms with Crippen LogP contribution in [0.3, 0.4) is 0 Å². The zero-order valence-corrected chi connectivity index (χ0v) is 84.9. The van der Waals surface area contributed by atoms with Crippen molar-refractivity contribution in [2.24, 2.45) is 0 Å². The molecule has 25 atom stereocenters. The van der Waals surface area contributed by atoms with E-state index in [0.29, 0.717) is 33.4 Å². The number of hydrogen-bond donors (Lipinski definition) is 3. The van der Waals surface area contributed by atoms with Crippen LogP contribution in [-0.4, -0.2) is 260 Å². The van der Waals surface area contributed by atoms with Gasteiger partial charge in [-0.05, 0) is 44.5 Å². The van der Waals surface area contributed by atoms with Crippen LogP contribution in [0, 0.1) is 0 Å². The molecule has 42 heteroatoms. The second kappa shape index (κ2) is 56.7. The van der Waals surface area contributed by atoms with Crippen molar-refractivity contribution >= 4 is 118 Å². The highest BCUT2D eigenvalue weighted by Gasteiger charge is 2.61. The molecule has 0 spiro atoms. The number of rotatable bonds is 47. The van der Waals surface area contributed by atoms with Crippen LogP contribution < -0.4 is 10.6 Å². The van der Waals surface area contributed by atoms with E-state index < -0.39 is 242 Å². The van der Waals surface area contributed by atoms with Gasteiger partial charge in [-0.1, -0.05) is 312 Å². The predicted octanol–water partition coefficient (Wildman–Crippen LogP) is 13.5. The van der Waals surface area contributed by atoms with Crippen LogP contribution in [0.4, 0.5) is 9.59 Å². The van der Waals surface area contributed by atoms with E-state index in [4.69, 9.17) is 188 Å². The Morgan fingerprint density at radius 2 is 0.514 bits per heavy atom. The average molecular weight is 2150 g/mol. The molecular formula is C104H116Cl6N2O34. The van der Waals surface area contributed by atoms with Gasteiger partial charge in [0.25, 0.3) is 0 Å². The van der Waals surface area contributed by atoms with Gasteiger partial charge < -0.3 is 134 Å². The standard InChI is InChI=1S/C104H116Cl6N2O34/c1-62(113)124-57-79-86(135-64(3)115)88(137-66(5)117)81(111-101(120)133-60-103(105,106)107)97(140-79)145-94-90(129-52-73-41-25-12-26-42-73)83(126-49-70-35-19-9-20-36-70)76(55-122-47-68-31-15-7-16-32-68)142-99(94)132-59-78-85(128-51-72-39-23-11-24-40-72)92(93(96(119)139-78)131-54-75-45-29-14-30-46-75)144-100-95(146-98-82(112-102(121)134-61-104(108,109)110)89(138-67(6)118)87(136-65(4)116)80(141-98)58-125-63(2)114)91(130-53-74-43-27-13-28-44-74)84(127-50-71-37-21-10-22-38-71)77(143-100)56-123-48-69-33-17-8-18-34-69/h7-46,76-100,119H,47-61H2,1-6H3,(H,111,120)(H,112,121)/t76-,77-,78-,79-,80-,81-,82-,83-,84-,85-,86-,87-,88-,89-,90+,91+,92+,93+,94+,95+,96+,97+,98+,99+,100-/m1/s1. The van der Waals surface area contributed by atoms with E-state index >= 15 is 0 Å². The summed E-state index contributed by atoms with van der Waals surface area (Å²) in [5, 5.41) is 18.8. The molecule has 36 nitrogen and oxygen atoms in total. The Morgan fingerprint density at radius 1 is 0.260 bits per heavy atom. The number of amides is 2. The molecule has 5 aliphatic heterocycles. The van der Waals surface area contributed by atoms with Gasteiger partial charge in [0.2, 0.25) is 7.59 Å². The van der Waals surface area contributed by atoms with Crippen molar-refractivity contribution in [2.45, 2.75) is 255 Å². The number of carbonyl (C=O) groups is 8. The molecule has 0 unspecified atom stereocenters. The highest BCUT2D eigenvalue weighted by atomic mass is 35.6. The molecular weight excluding hydrogens is 2030 g/mol. The van der Waals surface area contributed by atoms with Crippen molar-refractivity contribution in [1.82, 2.24) is 10.6 Å². The third-order valence-corrected chi connectivity index (χ3v) is 23.9. The molecule has 5 aliphatic rings. The number of halogens is 6. The van der Waals surface area contributed by atoms with Gasteiger partial charge in [0.15, 0.2) is 55.9 Å². The topological polar surface area (TPSA) is 412 Å². The molecule has 146 heavy (non-hydrogen) atoms. The SMILES string of the molecule is CC(=O)OC[C@H]1O[C@@H](O[C@@H]2[C@@H](OC[C@H]3O[C@H](O)[C@@H](OCc4ccccc4)[C@@H](O[C@H]4O[C@H](COCc5ccccc5)[C@@H](OCc5ccccc5)[C@H](OCc5ccccc5)[C@@H]4O[C@@H]4O[C@H](COC(C)=O)[C@@H](OC(C)=O)[C@H](OC(C)=O)[C@H]4NC(=O)OCC(Cl)(Cl)Cl)[C@@H]3OCc3ccccc3)O[C@H](COCc3ccccc3)[C@@H](OCc3ccccc3)[C@@H]2OCc2ccccc2)[C@H](NC(=O)OCC(Cl)(Cl)Cl)[C@@H](OC(C)=O)[C@@H]1OC(C)=O. The quantitative estimate of drug-likeness (QED) is 0.0181. The highest BCUT2D eigenvalue weighted by Crippen LogP contribution is 2.43. The van der Waals surface area contributed by atoms with Crippen molar-refractivity contribution in [3.8, 4) is 0 Å². The molecule has 5 heterocycles. The van der Waals surface area contributed by atoms with Crippen molar-refractivity contribution < 1.29 is 162 Å². The average Bonchev–Trinajstić information content (AvgIpc) is 0.756. The Balaban J connectivity index is 1.01. The molecule has 2 amide bonds. The van der Waals surface area contributed by atoms with E-state index in [0.717, 1.165) is 52.7 Å². The Bertz CT molecular complexity index is 5350. The van der Waals surface area contributed by atoms with Crippen LogP contribution >= 0.6 is 69.6 Å². The Kier molecular flexibility index (Phi) is 44.0. The molecule has 5 fully saturated rings. The minimum atomic E-state index is -2.22. The number of ether oxygens (including phenoxy) is 25. The van der Waals surface area contributed by atoms with Crippen molar-refractivity contribution in [2.75, 3.05) is 46.2 Å². The number of aliphatic hydroxyl groups excluding tert-OH is 1. The van der Waals surface area contributed by atoms with Gasteiger partial charge in [0.1, 0.15) is 124 Å². The van der Waals surface area contributed by atoms with Gasteiger partial charge in [-0.15, -0.1) is 0 Å². The third-order valence-electron chi connectivity index (χ3n) is 23.3. The van der Waals surface area contributed by atoms with Crippen LogP contribution in [0.1, 0.15) is 86.1 Å². The summed E-state index contributed by atoms with van der Waals surface area (Å²) >= 11 is 37.2. The number of carbonyl (C=O) groups excluding carboxylic acids is 8. The number of hydrogen-bond acceptors (Lipinski definition) is 34. The van der Waals surface area contributed by atoms with E-state index in [9.17, 15) is 43.5 Å². The first-order valence-electron chi connectivity index (χ1n) is 47.0. The maximum absolute atomic E-state index is 14.6. The summed E-state index contributed by atoms with van der Waals surface area (Å²) in [6.45, 7) is 0.502. The van der Waals surface area contributed by atoms with Crippen LogP contribution in [0.25, 0.3) is 0 Å². The molecule has 0 bridgehead atoms. The fourth-order valence-electron chi connectivity index (χ4n) is 16.9. The van der Waals surface area contributed by atoms with Crippen LogP contribution in [0.5, 0.6) is 0 Å². The van der Waals surface area contributed by atoms with Gasteiger partial charge >= 0.3 is 48.0 Å². The second-order valence-electron chi connectivity index (χ2n) is 34.6. The lowest BCUT2D eigenvalue weighted by atomic mass is 9.94. The number of aliphatic hydroxyl groups is 1. The molecule has 0 saturated carbocycles. The molecule has 788 valence electrons. The first-order chi connectivity index (χ1) is 70.3. The lowest BCUT2D eigenvalue weighted by Gasteiger charge is -2.52. The number of alkyl carbamates (subject to hydrolysis) is 2. The molecule has 0 radical (unpaired) electrons. The molecule has 3 N–H and O–H groups in total. The van der Waals surface area contributed by atoms with Crippen LogP contribution in [0.2, 0.25) is 0 Å². The second-order valence-corrected chi connectivity index (χ2v) is 39.6. The van der Waals surface area contributed by atoms with Crippen molar-refractivity contribution in [1.29, 1.82) is 0 Å². The van der Waals surface area contributed by atoms with Gasteiger partial charge in [0.05, 0.1) is 72.7 Å². The predicted molar refractivity (Wildman–Crippen MR) is 521 cm³/mol. The third kappa shape index (κ3) is 35.4. The highest BCUT2D eigenvalue weighted by molar-refractivity contribution is 6.68. The maximum Gasteiger partial charge on any atom is 0.407 e. The molecule has 13 rings (SSSR count). The number of benzene rings is 8. The smallest absolute Gasteiger partial charge is 0.407 e. The molecule has 0 aromatic heterocycles. The van der Waals surface area contributed by atoms with Crippen LogP contribution in [-0.2, 0) is 200 Å². The van der Waals surface area contributed by atoms with E-state index in [2.05, 4.69) is 10.6 Å². The van der Waals surface area contributed by atoms with Gasteiger partial charge in [-0.2, -0.15) is 0 Å². The zero-order chi connectivity index (χ0) is 104. The van der Waals surface area contributed by atoms with Crippen molar-refractivity contribution in [3.05, 3.63) is 287 Å². The number of nitrogens with one attached hydrogen (secondary N) is 2. The lowest BCUT2D eigenvalue weighted by molar-refractivity contribution is -0.396. The van der Waals surface area contributed by atoms with E-state index in [1.54, 1.807) is 121 Å². The zero-order valence-electron chi connectivity index (χ0n) is 80.3. The fourth-order valence-corrected chi connectivity index (χ4v) is 17.2. The Hall–Kier alpha value is -9.86. The lowest BCUT2D eigenvalue weighted by Crippen LogP contribution is -2.70. The molecule has 0 aliphatic carbocycles. The molecule has 5 saturated heterocycles. The van der Waals surface area contributed by atoms with Gasteiger partial charge in [-0.25, -0.2) is 9.59 Å². The summed E-state index contributed by atoms with van der Waals surface area (Å²) in [7, 11) is 0. The Morgan fingerprint density at radius 3 is 0.822 bits per heavy atom. The van der Waals surface area contributed by atoms with Gasteiger partial charge in [-0.3, -0.25) is 28.8 Å². The van der Waals surface area contributed by atoms with Gasteiger partial charge in [0, 0.05) is 41.5 Å². The first-order valence-corrected chi connectivity index (χ1v) is 49.2. The van der Waals surface area contributed by atoms with E-state index in [1.165, 1.54) is 0 Å². The van der Waals surface area contributed by atoms with Crippen LogP contribution in [0.15, 0.2) is 243 Å². The Labute approximate surface area is 873 Å². The van der Waals surface area contributed by atoms with E-state index in [1.807, 2.05) is 121 Å². The maximum atomic E-state index is 14.6. The minimum absolute atomic E-state index is 0.00517. The summed E-state index contributed by atoms with van der Waals surface area (Å²) in [6, 6.07) is 68.7. The summed E-state index contributed by atoms with van der Waals surface area (Å²) in [5.74, 6) is -5.60. The number of esters is 6.